The van der Waals surface area contributed by atoms with Crippen molar-refractivity contribution in [1.29, 1.82) is 0 Å². The summed E-state index contributed by atoms with van der Waals surface area (Å²) in [7, 11) is 2.16. The van der Waals surface area contributed by atoms with Crippen LogP contribution < -0.4 is 10.6 Å². The molecule has 2 fully saturated rings. The Hall–Kier alpha value is -0.610. The van der Waals surface area contributed by atoms with Crippen molar-refractivity contribution in [3.05, 3.63) is 0 Å². The van der Waals surface area contributed by atoms with Crippen LogP contribution in [0.1, 0.15) is 45.4 Å². The van der Waals surface area contributed by atoms with Crippen LogP contribution >= 0.6 is 0 Å². The Balaban J connectivity index is 1.77. The van der Waals surface area contributed by atoms with Gasteiger partial charge in [0, 0.05) is 25.7 Å². The quantitative estimate of drug-likeness (QED) is 0.732. The van der Waals surface area contributed by atoms with E-state index in [2.05, 4.69) is 29.5 Å². The highest BCUT2D eigenvalue weighted by Gasteiger charge is 2.38. The van der Waals surface area contributed by atoms with Crippen molar-refractivity contribution in [1.82, 2.24) is 15.5 Å². The Morgan fingerprint density at radius 2 is 2.26 bits per heavy atom. The fourth-order valence-corrected chi connectivity index (χ4v) is 3.20. The maximum absolute atomic E-state index is 12.5. The molecule has 110 valence electrons. The molecule has 0 aromatic heterocycles. The van der Waals surface area contributed by atoms with Gasteiger partial charge in [-0.2, -0.15) is 0 Å². The third-order valence-electron chi connectivity index (χ3n) is 4.60. The van der Waals surface area contributed by atoms with Crippen LogP contribution in [0.2, 0.25) is 0 Å². The standard InChI is InChI=1S/C15H29N3O/c1-3-7-15(8-4-9-16-12-15)14(19)17-10-11-18(2)13-5-6-13/h13,16H,3-12H2,1-2H3,(H,17,19). The van der Waals surface area contributed by atoms with Crippen LogP contribution in [0.15, 0.2) is 0 Å². The molecule has 0 aromatic rings. The number of hydrogen-bond acceptors (Lipinski definition) is 3. The Kier molecular flexibility index (Phi) is 5.22. The van der Waals surface area contributed by atoms with Crippen molar-refractivity contribution < 1.29 is 4.79 Å². The predicted molar refractivity (Wildman–Crippen MR) is 78.1 cm³/mol. The summed E-state index contributed by atoms with van der Waals surface area (Å²) in [6.07, 6.45) is 6.90. The second-order valence-corrected chi connectivity index (χ2v) is 6.28. The van der Waals surface area contributed by atoms with Gasteiger partial charge in [0.15, 0.2) is 0 Å². The molecule has 1 saturated heterocycles. The topological polar surface area (TPSA) is 44.4 Å². The van der Waals surface area contributed by atoms with Gasteiger partial charge >= 0.3 is 0 Å². The van der Waals surface area contributed by atoms with Gasteiger partial charge in [0.05, 0.1) is 5.41 Å². The van der Waals surface area contributed by atoms with E-state index in [0.717, 1.165) is 57.9 Å². The molecule has 0 spiro atoms. The van der Waals surface area contributed by atoms with Crippen molar-refractivity contribution >= 4 is 5.91 Å². The lowest BCUT2D eigenvalue weighted by Gasteiger charge is -2.36. The number of carbonyl (C=O) groups is 1. The molecule has 1 aliphatic carbocycles. The van der Waals surface area contributed by atoms with Crippen LogP contribution in [-0.4, -0.2) is 50.1 Å². The Morgan fingerprint density at radius 3 is 2.84 bits per heavy atom. The molecule has 1 aliphatic heterocycles. The lowest BCUT2D eigenvalue weighted by atomic mass is 9.76. The zero-order valence-corrected chi connectivity index (χ0v) is 12.5. The first-order chi connectivity index (χ1) is 9.18. The van der Waals surface area contributed by atoms with Gasteiger partial charge in [-0.3, -0.25) is 4.79 Å². The van der Waals surface area contributed by atoms with E-state index in [9.17, 15) is 4.79 Å². The number of piperidine rings is 1. The van der Waals surface area contributed by atoms with Gasteiger partial charge in [-0.15, -0.1) is 0 Å². The van der Waals surface area contributed by atoms with Crippen LogP contribution in [0.25, 0.3) is 0 Å². The van der Waals surface area contributed by atoms with E-state index in [4.69, 9.17) is 0 Å². The molecule has 0 bridgehead atoms. The molecule has 1 saturated carbocycles. The highest BCUT2D eigenvalue weighted by molar-refractivity contribution is 5.83. The summed E-state index contributed by atoms with van der Waals surface area (Å²) in [6.45, 7) is 5.85. The van der Waals surface area contributed by atoms with Crippen LogP contribution in [0.3, 0.4) is 0 Å². The predicted octanol–water partition coefficient (Wildman–Crippen LogP) is 1.37. The van der Waals surface area contributed by atoms with E-state index < -0.39 is 0 Å². The van der Waals surface area contributed by atoms with E-state index in [1.54, 1.807) is 0 Å². The van der Waals surface area contributed by atoms with Gasteiger partial charge in [0.2, 0.25) is 5.91 Å². The molecule has 1 heterocycles. The van der Waals surface area contributed by atoms with Gasteiger partial charge in [-0.05, 0) is 45.7 Å². The molecule has 19 heavy (non-hydrogen) atoms. The Labute approximate surface area is 117 Å². The summed E-state index contributed by atoms with van der Waals surface area (Å²) in [4.78, 5) is 14.9. The summed E-state index contributed by atoms with van der Waals surface area (Å²) in [5.41, 5.74) is -0.148. The number of amides is 1. The number of hydrogen-bond donors (Lipinski definition) is 2. The maximum Gasteiger partial charge on any atom is 0.227 e. The van der Waals surface area contributed by atoms with Gasteiger partial charge in [-0.25, -0.2) is 0 Å². The van der Waals surface area contributed by atoms with Gasteiger partial charge < -0.3 is 15.5 Å². The first-order valence-corrected chi connectivity index (χ1v) is 7.87. The minimum absolute atomic E-state index is 0.148. The molecule has 1 amide bonds. The average molecular weight is 267 g/mol. The molecular formula is C15H29N3O. The molecule has 0 radical (unpaired) electrons. The van der Waals surface area contributed by atoms with Crippen LogP contribution in [0.5, 0.6) is 0 Å². The number of carbonyl (C=O) groups excluding carboxylic acids is 1. The molecule has 1 atom stereocenters. The van der Waals surface area contributed by atoms with Crippen molar-refractivity contribution in [3.63, 3.8) is 0 Å². The van der Waals surface area contributed by atoms with E-state index in [1.807, 2.05) is 0 Å². The Bertz CT molecular complexity index is 290. The van der Waals surface area contributed by atoms with Crippen molar-refractivity contribution in [2.75, 3.05) is 33.2 Å². The van der Waals surface area contributed by atoms with Crippen molar-refractivity contribution in [2.24, 2.45) is 5.41 Å². The highest BCUT2D eigenvalue weighted by atomic mass is 16.2. The molecule has 0 aromatic carbocycles. The second kappa shape index (κ2) is 6.71. The molecule has 2 aliphatic rings. The van der Waals surface area contributed by atoms with Crippen LogP contribution in [0.4, 0.5) is 0 Å². The lowest BCUT2D eigenvalue weighted by Crippen LogP contribution is -2.51. The number of nitrogens with zero attached hydrogens (tertiary/aromatic N) is 1. The second-order valence-electron chi connectivity index (χ2n) is 6.28. The fourth-order valence-electron chi connectivity index (χ4n) is 3.20. The molecule has 4 nitrogen and oxygen atoms in total. The summed E-state index contributed by atoms with van der Waals surface area (Å²) >= 11 is 0. The SMILES string of the molecule is CCCC1(C(=O)NCCN(C)C2CC2)CCCNC1. The van der Waals surface area contributed by atoms with Gasteiger partial charge in [0.25, 0.3) is 0 Å². The van der Waals surface area contributed by atoms with E-state index >= 15 is 0 Å². The van der Waals surface area contributed by atoms with Crippen molar-refractivity contribution in [3.8, 4) is 0 Å². The van der Waals surface area contributed by atoms with E-state index in [0.29, 0.717) is 0 Å². The highest BCUT2D eigenvalue weighted by Crippen LogP contribution is 2.31. The summed E-state index contributed by atoms with van der Waals surface area (Å²) in [5.74, 6) is 0.269. The lowest BCUT2D eigenvalue weighted by molar-refractivity contribution is -0.132. The summed E-state index contributed by atoms with van der Waals surface area (Å²) < 4.78 is 0. The van der Waals surface area contributed by atoms with Crippen LogP contribution in [-0.2, 0) is 4.79 Å². The number of nitrogens with one attached hydrogen (secondary N) is 2. The van der Waals surface area contributed by atoms with Gasteiger partial charge in [0.1, 0.15) is 0 Å². The normalized spacial score (nSPS) is 27.5. The average Bonchev–Trinajstić information content (AvgIpc) is 3.24. The van der Waals surface area contributed by atoms with E-state index in [-0.39, 0.29) is 11.3 Å². The first kappa shape index (κ1) is 14.8. The maximum atomic E-state index is 12.5. The number of rotatable bonds is 7. The molecular weight excluding hydrogens is 238 g/mol. The molecule has 1 unspecified atom stereocenters. The zero-order valence-electron chi connectivity index (χ0n) is 12.5. The third kappa shape index (κ3) is 3.93. The summed E-state index contributed by atoms with van der Waals surface area (Å²) in [5, 5.41) is 6.57. The summed E-state index contributed by atoms with van der Waals surface area (Å²) in [6, 6.07) is 0.776. The zero-order chi connectivity index (χ0) is 13.7. The fraction of sp³-hybridized carbons (Fsp3) is 0.933. The number of likely N-dealkylation sites (N-methyl/N-ethyl adjacent to an activating group) is 1. The molecule has 2 rings (SSSR count). The first-order valence-electron chi connectivity index (χ1n) is 7.87. The third-order valence-corrected chi connectivity index (χ3v) is 4.60. The minimum atomic E-state index is -0.148. The van der Waals surface area contributed by atoms with Crippen molar-refractivity contribution in [2.45, 2.75) is 51.5 Å². The van der Waals surface area contributed by atoms with Crippen LogP contribution in [0, 0.1) is 5.41 Å². The van der Waals surface area contributed by atoms with E-state index in [1.165, 1.54) is 12.8 Å². The largest absolute Gasteiger partial charge is 0.354 e. The molecule has 2 N–H and O–H groups in total. The van der Waals surface area contributed by atoms with Gasteiger partial charge in [-0.1, -0.05) is 13.3 Å². The smallest absolute Gasteiger partial charge is 0.227 e. The Morgan fingerprint density at radius 1 is 1.47 bits per heavy atom. The molecule has 4 heteroatoms. The monoisotopic (exact) mass is 267 g/mol. The minimum Gasteiger partial charge on any atom is -0.354 e.